The van der Waals surface area contributed by atoms with E-state index < -0.39 is 5.91 Å². The molecule has 0 fully saturated rings. The fourth-order valence-electron chi connectivity index (χ4n) is 2.67. The molecular weight excluding hydrogens is 383 g/mol. The highest BCUT2D eigenvalue weighted by molar-refractivity contribution is 6.42. The van der Waals surface area contributed by atoms with Crippen molar-refractivity contribution < 1.29 is 4.79 Å². The van der Waals surface area contributed by atoms with Gasteiger partial charge >= 0.3 is 0 Å². The van der Waals surface area contributed by atoms with Gasteiger partial charge in [-0.2, -0.15) is 10.5 Å². The van der Waals surface area contributed by atoms with Gasteiger partial charge in [0.15, 0.2) is 0 Å². The molecule has 5 nitrogen and oxygen atoms in total. The van der Waals surface area contributed by atoms with Gasteiger partial charge in [-0.3, -0.25) is 4.79 Å². The summed E-state index contributed by atoms with van der Waals surface area (Å²) in [5, 5.41) is 22.6. The summed E-state index contributed by atoms with van der Waals surface area (Å²) in [6.07, 6.45) is 3.25. The molecule has 3 aromatic rings. The first kappa shape index (κ1) is 18.5. The Hall–Kier alpha value is -3.25. The summed E-state index contributed by atoms with van der Waals surface area (Å²) in [5.74, 6) is -0.562. The number of hydrogen-bond donors (Lipinski definition) is 1. The molecule has 0 saturated carbocycles. The molecular formula is C20H12Cl2N4O. The Bertz CT molecular complexity index is 1150. The lowest BCUT2D eigenvalue weighted by Gasteiger charge is -2.05. The second-order valence-electron chi connectivity index (χ2n) is 5.64. The summed E-state index contributed by atoms with van der Waals surface area (Å²) in [7, 11) is 0. The topological polar surface area (TPSA) is 81.6 Å². The first-order valence-corrected chi connectivity index (χ1v) is 8.62. The number of nitrogens with zero attached hydrogens (tertiary/aromatic N) is 3. The second-order valence-corrected chi connectivity index (χ2v) is 6.45. The van der Waals surface area contributed by atoms with Crippen molar-refractivity contribution >= 4 is 51.8 Å². The molecule has 0 aliphatic carbocycles. The van der Waals surface area contributed by atoms with E-state index in [1.165, 1.54) is 12.1 Å². The highest BCUT2D eigenvalue weighted by Crippen LogP contribution is 2.26. The van der Waals surface area contributed by atoms with E-state index in [9.17, 15) is 10.1 Å². The van der Waals surface area contributed by atoms with E-state index in [0.717, 1.165) is 10.9 Å². The van der Waals surface area contributed by atoms with Crippen LogP contribution in [-0.2, 0) is 11.3 Å². The number of fused-ring (bicyclic) bond motifs is 1. The highest BCUT2D eigenvalue weighted by atomic mass is 35.5. The second kappa shape index (κ2) is 7.97. The summed E-state index contributed by atoms with van der Waals surface area (Å²) in [6, 6.07) is 16.2. The number of anilines is 1. The van der Waals surface area contributed by atoms with E-state index in [0.29, 0.717) is 21.3 Å². The van der Waals surface area contributed by atoms with Gasteiger partial charge in [-0.1, -0.05) is 41.4 Å². The number of benzene rings is 2. The summed E-state index contributed by atoms with van der Waals surface area (Å²) in [6.45, 7) is 0.172. The van der Waals surface area contributed by atoms with Crippen molar-refractivity contribution in [1.82, 2.24) is 4.57 Å². The van der Waals surface area contributed by atoms with Crippen molar-refractivity contribution in [1.29, 1.82) is 10.5 Å². The number of hydrogen-bond acceptors (Lipinski definition) is 3. The van der Waals surface area contributed by atoms with E-state index in [1.807, 2.05) is 30.3 Å². The van der Waals surface area contributed by atoms with E-state index in [2.05, 4.69) is 11.4 Å². The molecule has 0 aliphatic rings. The van der Waals surface area contributed by atoms with E-state index >= 15 is 0 Å². The maximum Gasteiger partial charge on any atom is 0.266 e. The Morgan fingerprint density at radius 3 is 2.63 bits per heavy atom. The zero-order valence-corrected chi connectivity index (χ0v) is 15.4. The first-order valence-electron chi connectivity index (χ1n) is 7.86. The zero-order valence-electron chi connectivity index (χ0n) is 13.9. The molecule has 1 aromatic heterocycles. The molecule has 0 spiro atoms. The van der Waals surface area contributed by atoms with Gasteiger partial charge in [-0.15, -0.1) is 0 Å². The van der Waals surface area contributed by atoms with Crippen LogP contribution < -0.4 is 5.32 Å². The van der Waals surface area contributed by atoms with Crippen molar-refractivity contribution in [3.63, 3.8) is 0 Å². The Balaban J connectivity index is 1.96. The van der Waals surface area contributed by atoms with Gasteiger partial charge < -0.3 is 9.88 Å². The number of halogens is 2. The van der Waals surface area contributed by atoms with Crippen LogP contribution >= 0.6 is 23.2 Å². The Labute approximate surface area is 165 Å². The van der Waals surface area contributed by atoms with Crippen LogP contribution in [0.5, 0.6) is 0 Å². The van der Waals surface area contributed by atoms with Crippen LogP contribution in [-0.4, -0.2) is 10.5 Å². The van der Waals surface area contributed by atoms with Gasteiger partial charge in [0.1, 0.15) is 18.2 Å². The third kappa shape index (κ3) is 3.96. The number of carbonyl (C=O) groups excluding carboxylic acids is 1. The monoisotopic (exact) mass is 394 g/mol. The minimum atomic E-state index is -0.562. The van der Waals surface area contributed by atoms with Crippen molar-refractivity contribution in [2.24, 2.45) is 0 Å². The molecule has 3 rings (SSSR count). The number of amides is 1. The lowest BCUT2D eigenvalue weighted by atomic mass is 10.1. The standard InChI is InChI=1S/C20H12Cl2N4O/c21-17-6-5-15(10-18(17)22)25-20(27)13(11-24)9-14-12-26(8-7-23)19-4-2-1-3-16(14)19/h1-6,9-10,12H,8H2,(H,25,27). The van der Waals surface area contributed by atoms with Crippen LogP contribution in [0.4, 0.5) is 5.69 Å². The van der Waals surface area contributed by atoms with Gasteiger partial charge in [0.05, 0.1) is 16.1 Å². The zero-order chi connectivity index (χ0) is 19.4. The smallest absolute Gasteiger partial charge is 0.266 e. The van der Waals surface area contributed by atoms with Crippen LogP contribution in [0.1, 0.15) is 5.56 Å². The molecule has 27 heavy (non-hydrogen) atoms. The molecule has 132 valence electrons. The Morgan fingerprint density at radius 2 is 1.93 bits per heavy atom. The molecule has 1 heterocycles. The predicted molar refractivity (Wildman–Crippen MR) is 106 cm³/mol. The van der Waals surface area contributed by atoms with Crippen LogP contribution in [0.3, 0.4) is 0 Å². The van der Waals surface area contributed by atoms with Crippen molar-refractivity contribution in [2.75, 3.05) is 5.32 Å². The minimum Gasteiger partial charge on any atom is -0.333 e. The average Bonchev–Trinajstić information content (AvgIpc) is 3.01. The van der Waals surface area contributed by atoms with Gasteiger partial charge in [0.25, 0.3) is 5.91 Å². The quantitative estimate of drug-likeness (QED) is 0.498. The predicted octanol–water partition coefficient (Wildman–Crippen LogP) is 5.02. The molecule has 1 amide bonds. The third-order valence-corrected chi connectivity index (χ3v) is 4.64. The maximum absolute atomic E-state index is 12.5. The van der Waals surface area contributed by atoms with Crippen LogP contribution in [0.25, 0.3) is 17.0 Å². The number of carbonyl (C=O) groups is 1. The Morgan fingerprint density at radius 1 is 1.15 bits per heavy atom. The number of rotatable bonds is 4. The van der Waals surface area contributed by atoms with Crippen LogP contribution in [0.2, 0.25) is 10.0 Å². The molecule has 0 unspecified atom stereocenters. The summed E-state index contributed by atoms with van der Waals surface area (Å²) in [4.78, 5) is 12.5. The van der Waals surface area contributed by atoms with Crippen LogP contribution in [0, 0.1) is 22.7 Å². The van der Waals surface area contributed by atoms with Crippen molar-refractivity contribution in [3.8, 4) is 12.1 Å². The van der Waals surface area contributed by atoms with Gasteiger partial charge in [-0.05, 0) is 30.3 Å². The lowest BCUT2D eigenvalue weighted by molar-refractivity contribution is -0.112. The largest absolute Gasteiger partial charge is 0.333 e. The molecule has 0 saturated heterocycles. The SMILES string of the molecule is N#CCn1cc(C=C(C#N)C(=O)Nc2ccc(Cl)c(Cl)c2)c2ccccc21. The van der Waals surface area contributed by atoms with Gasteiger partial charge in [0, 0.05) is 28.4 Å². The van der Waals surface area contributed by atoms with Gasteiger partial charge in [0.2, 0.25) is 0 Å². The molecule has 0 radical (unpaired) electrons. The number of nitrogens with one attached hydrogen (secondary N) is 1. The molecule has 0 bridgehead atoms. The third-order valence-electron chi connectivity index (χ3n) is 3.90. The number of aromatic nitrogens is 1. The normalized spacial score (nSPS) is 11.0. The Kier molecular flexibility index (Phi) is 5.47. The van der Waals surface area contributed by atoms with Crippen molar-refractivity contribution in [2.45, 2.75) is 6.54 Å². The highest BCUT2D eigenvalue weighted by Gasteiger charge is 2.13. The fraction of sp³-hybridized carbons (Fsp3) is 0.0500. The average molecular weight is 395 g/mol. The lowest BCUT2D eigenvalue weighted by Crippen LogP contribution is -2.13. The molecule has 7 heteroatoms. The minimum absolute atomic E-state index is 0.0686. The summed E-state index contributed by atoms with van der Waals surface area (Å²) >= 11 is 11.8. The van der Waals surface area contributed by atoms with Crippen molar-refractivity contribution in [3.05, 3.63) is 69.8 Å². The molecule has 2 aromatic carbocycles. The van der Waals surface area contributed by atoms with E-state index in [-0.39, 0.29) is 12.1 Å². The number of para-hydroxylation sites is 1. The van der Waals surface area contributed by atoms with Crippen LogP contribution in [0.15, 0.2) is 54.2 Å². The summed E-state index contributed by atoms with van der Waals surface area (Å²) < 4.78 is 1.77. The van der Waals surface area contributed by atoms with E-state index in [4.69, 9.17) is 28.5 Å². The summed E-state index contributed by atoms with van der Waals surface area (Å²) in [5.41, 5.74) is 1.90. The maximum atomic E-state index is 12.5. The molecule has 0 aliphatic heterocycles. The first-order chi connectivity index (χ1) is 13.0. The molecule has 1 N–H and O–H groups in total. The van der Waals surface area contributed by atoms with Gasteiger partial charge in [-0.25, -0.2) is 0 Å². The number of nitriles is 2. The fourth-order valence-corrected chi connectivity index (χ4v) is 2.97. The van der Waals surface area contributed by atoms with E-state index in [1.54, 1.807) is 22.9 Å². The molecule has 0 atom stereocenters.